The number of rotatable bonds is 15. The molecule has 0 aliphatic carbocycles. The van der Waals surface area contributed by atoms with E-state index in [4.69, 9.17) is 10.3 Å². The molecule has 0 heterocycles. The van der Waals surface area contributed by atoms with Gasteiger partial charge in [0.2, 0.25) is 0 Å². The van der Waals surface area contributed by atoms with Crippen molar-refractivity contribution in [3.63, 3.8) is 0 Å². The highest BCUT2D eigenvalue weighted by Gasteiger charge is 1.93. The van der Waals surface area contributed by atoms with Gasteiger partial charge in [-0.15, -0.1) is 0 Å². The van der Waals surface area contributed by atoms with Crippen LogP contribution >= 0.6 is 0 Å². The first-order valence-electron chi connectivity index (χ1n) is 7.89. The summed E-state index contributed by atoms with van der Waals surface area (Å²) in [5.41, 5.74) is 2.20. The first kappa shape index (κ1) is 17.9. The van der Waals surface area contributed by atoms with Crippen molar-refractivity contribution in [3.8, 4) is 0 Å². The van der Waals surface area contributed by atoms with Gasteiger partial charge in [0.05, 0.1) is 0 Å². The van der Waals surface area contributed by atoms with E-state index in [1.54, 1.807) is 0 Å². The topological polar surface area (TPSA) is 52.5 Å². The van der Waals surface area contributed by atoms with Gasteiger partial charge in [-0.2, -0.15) is 0 Å². The molecular formula is C15H33NO2. The molecule has 0 unspecified atom stereocenters. The maximum absolute atomic E-state index is 8.64. The summed E-state index contributed by atoms with van der Waals surface area (Å²) in [6.07, 6.45) is 16.7. The molecule has 18 heavy (non-hydrogen) atoms. The van der Waals surface area contributed by atoms with Crippen molar-refractivity contribution in [3.05, 3.63) is 0 Å². The number of hydrogen-bond donors (Lipinski definition) is 3. The monoisotopic (exact) mass is 259 g/mol. The van der Waals surface area contributed by atoms with Crippen molar-refractivity contribution in [1.82, 2.24) is 5.48 Å². The fourth-order valence-electron chi connectivity index (χ4n) is 2.26. The number of hydrogen-bond acceptors (Lipinski definition) is 3. The van der Waals surface area contributed by atoms with Crippen molar-refractivity contribution < 1.29 is 10.3 Å². The van der Waals surface area contributed by atoms with Crippen molar-refractivity contribution in [2.45, 2.75) is 83.5 Å². The predicted molar refractivity (Wildman–Crippen MR) is 76.9 cm³/mol. The molecule has 3 N–H and O–H groups in total. The van der Waals surface area contributed by atoms with Gasteiger partial charge in [-0.05, 0) is 12.8 Å². The van der Waals surface area contributed by atoms with Crippen LogP contribution in [-0.2, 0) is 0 Å². The molecule has 0 rings (SSSR count). The Morgan fingerprint density at radius 3 is 1.17 bits per heavy atom. The fourth-order valence-corrected chi connectivity index (χ4v) is 2.26. The molecule has 3 heteroatoms. The number of unbranched alkanes of at least 4 members (excludes halogenated alkanes) is 12. The molecule has 0 atom stereocenters. The van der Waals surface area contributed by atoms with Crippen molar-refractivity contribution in [2.75, 3.05) is 13.2 Å². The molecule has 0 aromatic heterocycles. The molecule has 0 aliphatic heterocycles. The van der Waals surface area contributed by atoms with Crippen LogP contribution < -0.4 is 5.48 Å². The second kappa shape index (κ2) is 16.9. The lowest BCUT2D eigenvalue weighted by molar-refractivity contribution is 0.164. The van der Waals surface area contributed by atoms with Gasteiger partial charge in [-0.3, -0.25) is 0 Å². The van der Waals surface area contributed by atoms with Crippen LogP contribution in [0.25, 0.3) is 0 Å². The van der Waals surface area contributed by atoms with Crippen LogP contribution in [0.5, 0.6) is 0 Å². The first-order valence-corrected chi connectivity index (χ1v) is 7.89. The Morgan fingerprint density at radius 1 is 0.500 bits per heavy atom. The molecule has 0 bridgehead atoms. The van der Waals surface area contributed by atoms with E-state index in [0.717, 1.165) is 19.4 Å². The Morgan fingerprint density at radius 2 is 0.833 bits per heavy atom. The number of aliphatic hydroxyl groups excluding tert-OH is 1. The van der Waals surface area contributed by atoms with Crippen LogP contribution in [0.2, 0.25) is 0 Å². The lowest BCUT2D eigenvalue weighted by atomic mass is 10.0. The standard InChI is InChI=1S/C15H33NO2/c17-15-13-11-9-7-5-3-1-2-4-6-8-10-12-14-16-18/h16-18H,1-15H2. The van der Waals surface area contributed by atoms with Gasteiger partial charge in [0.25, 0.3) is 0 Å². The average Bonchev–Trinajstić information content (AvgIpc) is 2.39. The number of aliphatic hydroxyl groups is 1. The smallest absolute Gasteiger partial charge is 0.0431 e. The molecular weight excluding hydrogens is 226 g/mol. The van der Waals surface area contributed by atoms with E-state index in [2.05, 4.69) is 5.48 Å². The maximum atomic E-state index is 8.64. The van der Waals surface area contributed by atoms with Crippen LogP contribution in [0, 0.1) is 0 Å². The van der Waals surface area contributed by atoms with Gasteiger partial charge in [0.1, 0.15) is 0 Å². The van der Waals surface area contributed by atoms with Gasteiger partial charge in [0.15, 0.2) is 0 Å². The SMILES string of the molecule is OCCCCCCCCCCCCCCCNO. The number of hydroxylamine groups is 1. The second-order valence-corrected chi connectivity index (χ2v) is 5.23. The molecule has 0 saturated heterocycles. The van der Waals surface area contributed by atoms with E-state index in [1.165, 1.54) is 70.6 Å². The highest BCUT2D eigenvalue weighted by atomic mass is 16.5. The van der Waals surface area contributed by atoms with Gasteiger partial charge in [-0.1, -0.05) is 70.6 Å². The zero-order chi connectivity index (χ0) is 13.3. The summed E-state index contributed by atoms with van der Waals surface area (Å²) >= 11 is 0. The quantitative estimate of drug-likeness (QED) is 0.307. The summed E-state index contributed by atoms with van der Waals surface area (Å²) < 4.78 is 0. The van der Waals surface area contributed by atoms with E-state index in [9.17, 15) is 0 Å². The molecule has 0 aliphatic rings. The largest absolute Gasteiger partial charge is 0.396 e. The molecule has 0 radical (unpaired) electrons. The van der Waals surface area contributed by atoms with Gasteiger partial charge in [-0.25, -0.2) is 5.48 Å². The molecule has 0 saturated carbocycles. The summed E-state index contributed by atoms with van der Waals surface area (Å²) in [6, 6.07) is 0. The summed E-state index contributed by atoms with van der Waals surface area (Å²) in [5.74, 6) is 0. The summed E-state index contributed by atoms with van der Waals surface area (Å²) in [5, 5.41) is 17.0. The number of nitrogens with one attached hydrogen (secondary N) is 1. The van der Waals surface area contributed by atoms with E-state index < -0.39 is 0 Å². The lowest BCUT2D eigenvalue weighted by Crippen LogP contribution is -2.07. The van der Waals surface area contributed by atoms with E-state index in [0.29, 0.717) is 6.61 Å². The van der Waals surface area contributed by atoms with Crippen molar-refractivity contribution >= 4 is 0 Å². The molecule has 110 valence electrons. The van der Waals surface area contributed by atoms with Crippen LogP contribution in [0.4, 0.5) is 0 Å². The predicted octanol–water partition coefficient (Wildman–Crippen LogP) is 4.03. The first-order chi connectivity index (χ1) is 8.91. The van der Waals surface area contributed by atoms with Crippen LogP contribution in [0.3, 0.4) is 0 Å². The lowest BCUT2D eigenvalue weighted by Gasteiger charge is -2.03. The highest BCUT2D eigenvalue weighted by molar-refractivity contribution is 4.49. The average molecular weight is 259 g/mol. The van der Waals surface area contributed by atoms with Gasteiger partial charge in [0, 0.05) is 13.2 Å². The fraction of sp³-hybridized carbons (Fsp3) is 1.00. The third-order valence-corrected chi connectivity index (χ3v) is 3.45. The molecule has 0 fully saturated rings. The Kier molecular flexibility index (Phi) is 16.8. The van der Waals surface area contributed by atoms with E-state index >= 15 is 0 Å². The van der Waals surface area contributed by atoms with Crippen LogP contribution in [0.15, 0.2) is 0 Å². The third kappa shape index (κ3) is 15.9. The Bertz CT molecular complexity index is 126. The Labute approximate surface area is 113 Å². The highest BCUT2D eigenvalue weighted by Crippen LogP contribution is 2.12. The molecule has 0 aromatic carbocycles. The molecule has 3 nitrogen and oxygen atoms in total. The zero-order valence-electron chi connectivity index (χ0n) is 12.0. The van der Waals surface area contributed by atoms with Crippen LogP contribution in [0.1, 0.15) is 83.5 Å². The summed E-state index contributed by atoms with van der Waals surface area (Å²) in [4.78, 5) is 0. The molecule has 0 spiro atoms. The van der Waals surface area contributed by atoms with E-state index in [1.807, 2.05) is 0 Å². The molecule has 0 amide bonds. The third-order valence-electron chi connectivity index (χ3n) is 3.45. The van der Waals surface area contributed by atoms with E-state index in [-0.39, 0.29) is 0 Å². The van der Waals surface area contributed by atoms with Crippen molar-refractivity contribution in [2.24, 2.45) is 0 Å². The minimum atomic E-state index is 0.356. The second-order valence-electron chi connectivity index (χ2n) is 5.23. The normalized spacial score (nSPS) is 11.0. The van der Waals surface area contributed by atoms with Crippen LogP contribution in [-0.4, -0.2) is 23.5 Å². The zero-order valence-corrected chi connectivity index (χ0v) is 12.0. The van der Waals surface area contributed by atoms with Gasteiger partial charge >= 0.3 is 0 Å². The summed E-state index contributed by atoms with van der Waals surface area (Å²) in [7, 11) is 0. The Hall–Kier alpha value is -0.120. The Balaban J connectivity index is 2.86. The maximum Gasteiger partial charge on any atom is 0.0431 e. The minimum absolute atomic E-state index is 0.356. The molecule has 0 aromatic rings. The van der Waals surface area contributed by atoms with Crippen molar-refractivity contribution in [1.29, 1.82) is 0 Å². The van der Waals surface area contributed by atoms with Gasteiger partial charge < -0.3 is 10.3 Å². The minimum Gasteiger partial charge on any atom is -0.396 e. The summed E-state index contributed by atoms with van der Waals surface area (Å²) in [6.45, 7) is 1.09.